The van der Waals surface area contributed by atoms with Crippen LogP contribution in [0.5, 0.6) is 0 Å². The smallest absolute Gasteiger partial charge is 0.113 e. The quantitative estimate of drug-likeness (QED) is 0.0747. The second-order valence-corrected chi connectivity index (χ2v) is 17.6. The van der Waals surface area contributed by atoms with Gasteiger partial charge in [-0.3, -0.25) is 0 Å². The topological polar surface area (TPSA) is 51.6 Å². The van der Waals surface area contributed by atoms with Gasteiger partial charge in [0.1, 0.15) is 22.1 Å². The Morgan fingerprint density at radius 2 is 0.731 bits per heavy atom. The minimum Gasteiger partial charge on any atom is -0.173 e. The molecule has 4 nitrogen and oxygen atoms in total. The van der Waals surface area contributed by atoms with E-state index in [1.165, 1.54) is 196 Å². The van der Waals surface area contributed by atoms with Gasteiger partial charge in [-0.25, -0.2) is 0 Å². The Bertz CT molecular complexity index is 1830. The van der Waals surface area contributed by atoms with Crippen molar-refractivity contribution in [2.24, 2.45) is 0 Å². The fourth-order valence-corrected chi connectivity index (χ4v) is 11.6. The largest absolute Gasteiger partial charge is 0.173 e. The zero-order chi connectivity index (χ0) is 36.3. The molecule has 278 valence electrons. The highest BCUT2D eigenvalue weighted by molar-refractivity contribution is 7.00. The third-order valence-electron chi connectivity index (χ3n) is 13.0. The standard InChI is InChI=1S/C46H62N4S2/c1-7-11-15-19-23-45(24-20-16-12-8-2)35-29-34-36(30-33(35)39-37(45)27-31(5)41-43(39)49-51-47-41)46(25-21-17-13-9-3,26-22-18-14-10-4)38-28-32(6)42-44(40(34)38)50-52-48-42/h27-30H,7-26H2,1-6H3. The van der Waals surface area contributed by atoms with Gasteiger partial charge in [0.2, 0.25) is 0 Å². The monoisotopic (exact) mass is 734 g/mol. The first-order chi connectivity index (χ1) is 25.5. The summed E-state index contributed by atoms with van der Waals surface area (Å²) in [6, 6.07) is 10.5. The number of aromatic nitrogens is 4. The molecule has 0 bridgehead atoms. The number of unbranched alkanes of at least 4 members (excludes halogenated alkanes) is 12. The molecule has 2 aromatic heterocycles. The molecule has 6 heteroatoms. The van der Waals surface area contributed by atoms with Crippen LogP contribution >= 0.6 is 23.5 Å². The van der Waals surface area contributed by atoms with Crippen molar-refractivity contribution >= 4 is 45.5 Å². The fraction of sp³-hybridized carbons (Fsp3) is 0.609. The summed E-state index contributed by atoms with van der Waals surface area (Å²) in [7, 11) is 0. The minimum absolute atomic E-state index is 0.0124. The van der Waals surface area contributed by atoms with E-state index in [9.17, 15) is 0 Å². The highest BCUT2D eigenvalue weighted by Gasteiger charge is 2.49. The van der Waals surface area contributed by atoms with Crippen LogP contribution in [-0.2, 0) is 10.8 Å². The molecule has 2 aliphatic carbocycles. The molecule has 0 fully saturated rings. The molecule has 52 heavy (non-hydrogen) atoms. The van der Waals surface area contributed by atoms with E-state index in [2.05, 4.69) is 65.8 Å². The molecule has 0 amide bonds. The van der Waals surface area contributed by atoms with Crippen LogP contribution in [0.15, 0.2) is 24.3 Å². The van der Waals surface area contributed by atoms with Gasteiger partial charge in [0.15, 0.2) is 0 Å². The number of fused-ring (bicyclic) bond motifs is 10. The number of rotatable bonds is 20. The lowest BCUT2D eigenvalue weighted by Gasteiger charge is -2.35. The van der Waals surface area contributed by atoms with Gasteiger partial charge in [-0.05, 0) is 96.2 Å². The van der Waals surface area contributed by atoms with E-state index in [1.54, 1.807) is 11.1 Å². The van der Waals surface area contributed by atoms with Gasteiger partial charge in [0, 0.05) is 22.0 Å². The summed E-state index contributed by atoms with van der Waals surface area (Å²) < 4.78 is 20.0. The average Bonchev–Trinajstić information content (AvgIpc) is 3.93. The van der Waals surface area contributed by atoms with Gasteiger partial charge < -0.3 is 0 Å². The van der Waals surface area contributed by atoms with Gasteiger partial charge in [0.25, 0.3) is 0 Å². The van der Waals surface area contributed by atoms with E-state index in [0.717, 1.165) is 22.1 Å². The Hall–Kier alpha value is -2.70. The summed E-state index contributed by atoms with van der Waals surface area (Å²) in [6.45, 7) is 13.9. The van der Waals surface area contributed by atoms with Crippen LogP contribution in [0.4, 0.5) is 0 Å². The predicted molar refractivity (Wildman–Crippen MR) is 225 cm³/mol. The van der Waals surface area contributed by atoms with Crippen molar-refractivity contribution in [2.75, 3.05) is 0 Å². The van der Waals surface area contributed by atoms with Crippen molar-refractivity contribution in [1.82, 2.24) is 17.5 Å². The molecule has 0 N–H and O–H groups in total. The molecule has 0 radical (unpaired) electrons. The lowest BCUT2D eigenvalue weighted by molar-refractivity contribution is 0.397. The lowest BCUT2D eigenvalue weighted by Crippen LogP contribution is -2.27. The third-order valence-corrected chi connectivity index (χ3v) is 14.1. The van der Waals surface area contributed by atoms with Crippen molar-refractivity contribution in [2.45, 2.75) is 181 Å². The van der Waals surface area contributed by atoms with Crippen LogP contribution in [0.2, 0.25) is 0 Å². The lowest BCUT2D eigenvalue weighted by atomic mass is 9.68. The summed E-state index contributed by atoms with van der Waals surface area (Å²) in [5, 5.41) is 0. The van der Waals surface area contributed by atoms with Crippen LogP contribution in [0.25, 0.3) is 44.3 Å². The maximum absolute atomic E-state index is 5.10. The molecule has 0 saturated carbocycles. The molecular formula is C46H62N4S2. The van der Waals surface area contributed by atoms with Gasteiger partial charge in [-0.2, -0.15) is 17.5 Å². The van der Waals surface area contributed by atoms with Crippen molar-refractivity contribution < 1.29 is 0 Å². The molecule has 3 aromatic carbocycles. The zero-order valence-electron chi connectivity index (χ0n) is 33.1. The molecule has 0 unspecified atom stereocenters. The number of benzene rings is 3. The zero-order valence-corrected chi connectivity index (χ0v) is 34.7. The molecule has 5 aromatic rings. The van der Waals surface area contributed by atoms with Gasteiger partial charge >= 0.3 is 0 Å². The Kier molecular flexibility index (Phi) is 11.8. The van der Waals surface area contributed by atoms with Crippen LogP contribution in [0.3, 0.4) is 0 Å². The fourth-order valence-electron chi connectivity index (χ4n) is 10.3. The summed E-state index contributed by atoms with van der Waals surface area (Å²) in [5.74, 6) is 0. The Balaban J connectivity index is 1.51. The molecule has 2 heterocycles. The minimum atomic E-state index is -0.0124. The summed E-state index contributed by atoms with van der Waals surface area (Å²) >= 11 is 2.79. The van der Waals surface area contributed by atoms with Crippen molar-refractivity contribution in [3.8, 4) is 22.3 Å². The molecule has 7 rings (SSSR count). The van der Waals surface area contributed by atoms with E-state index in [1.807, 2.05) is 0 Å². The average molecular weight is 735 g/mol. The SMILES string of the molecule is CCCCCCC1(CCCCCC)c2cc3c(cc2-c2c1cc(C)c1nsnc21)C(CCCCCC)(CCCCCC)c1cc(C)c2nsnc2c1-3. The Morgan fingerprint density at radius 3 is 1.06 bits per heavy atom. The molecule has 0 saturated heterocycles. The molecule has 2 aliphatic rings. The maximum Gasteiger partial charge on any atom is 0.113 e. The molecule has 0 aliphatic heterocycles. The summed E-state index contributed by atoms with van der Waals surface area (Å²) in [5.41, 5.74) is 18.9. The van der Waals surface area contributed by atoms with Crippen LogP contribution in [0, 0.1) is 13.8 Å². The van der Waals surface area contributed by atoms with Crippen molar-refractivity contribution in [3.05, 3.63) is 57.6 Å². The normalized spacial score (nSPS) is 15.0. The van der Waals surface area contributed by atoms with E-state index >= 15 is 0 Å². The maximum atomic E-state index is 5.10. The molecule has 0 spiro atoms. The highest BCUT2D eigenvalue weighted by atomic mass is 32.1. The highest BCUT2D eigenvalue weighted by Crippen LogP contribution is 2.62. The summed E-state index contributed by atoms with van der Waals surface area (Å²) in [4.78, 5) is 0. The third kappa shape index (κ3) is 6.46. The predicted octanol–water partition coefficient (Wildman–Crippen LogP) is 14.7. The first kappa shape index (κ1) is 37.6. The second-order valence-electron chi connectivity index (χ2n) is 16.5. The van der Waals surface area contributed by atoms with E-state index in [0.29, 0.717) is 0 Å². The number of nitrogens with zero attached hydrogens (tertiary/aromatic N) is 4. The summed E-state index contributed by atoms with van der Waals surface area (Å²) in [6.07, 6.45) is 25.4. The van der Waals surface area contributed by atoms with Gasteiger partial charge in [-0.1, -0.05) is 143 Å². The number of aryl methyl sites for hydroxylation is 2. The van der Waals surface area contributed by atoms with E-state index in [-0.39, 0.29) is 10.8 Å². The van der Waals surface area contributed by atoms with Crippen molar-refractivity contribution in [3.63, 3.8) is 0 Å². The van der Waals surface area contributed by atoms with E-state index in [4.69, 9.17) is 17.5 Å². The second kappa shape index (κ2) is 16.3. The Labute approximate surface area is 322 Å². The first-order valence-electron chi connectivity index (χ1n) is 21.2. The number of hydrogen-bond acceptors (Lipinski definition) is 6. The van der Waals surface area contributed by atoms with Crippen LogP contribution in [0.1, 0.15) is 189 Å². The van der Waals surface area contributed by atoms with E-state index < -0.39 is 0 Å². The van der Waals surface area contributed by atoms with Crippen LogP contribution < -0.4 is 0 Å². The molecule has 0 atom stereocenters. The van der Waals surface area contributed by atoms with Crippen molar-refractivity contribution in [1.29, 1.82) is 0 Å². The Morgan fingerprint density at radius 1 is 0.404 bits per heavy atom. The van der Waals surface area contributed by atoms with Gasteiger partial charge in [0.05, 0.1) is 23.5 Å². The van der Waals surface area contributed by atoms with Gasteiger partial charge in [-0.15, -0.1) is 0 Å². The first-order valence-corrected chi connectivity index (χ1v) is 22.6. The van der Waals surface area contributed by atoms with Crippen LogP contribution in [-0.4, -0.2) is 17.5 Å². The number of hydrogen-bond donors (Lipinski definition) is 0. The molecular weight excluding hydrogens is 673 g/mol.